The summed E-state index contributed by atoms with van der Waals surface area (Å²) in [6, 6.07) is 14.6. The smallest absolute Gasteiger partial charge is 0.0589 e. The first-order valence-electron chi connectivity index (χ1n) is 6.68. The predicted octanol–water partition coefficient (Wildman–Crippen LogP) is 4.02. The number of aromatic nitrogens is 1. The molecule has 1 aromatic heterocycles. The first-order chi connectivity index (χ1) is 9.29. The van der Waals surface area contributed by atoms with Gasteiger partial charge in [0.25, 0.3) is 0 Å². The fourth-order valence-corrected chi connectivity index (χ4v) is 2.15. The van der Waals surface area contributed by atoms with Crippen LogP contribution >= 0.6 is 11.6 Å². The van der Waals surface area contributed by atoms with Gasteiger partial charge in [-0.3, -0.25) is 4.98 Å². The average molecular weight is 275 g/mol. The van der Waals surface area contributed by atoms with Gasteiger partial charge in [-0.25, -0.2) is 0 Å². The number of rotatable bonds is 6. The van der Waals surface area contributed by atoms with Gasteiger partial charge in [0.2, 0.25) is 0 Å². The second-order valence-corrected chi connectivity index (χ2v) is 5.03. The van der Waals surface area contributed by atoms with Gasteiger partial charge in [-0.05, 0) is 37.1 Å². The first kappa shape index (κ1) is 14.0. The number of nitrogens with zero attached hydrogens (tertiary/aromatic N) is 1. The van der Waals surface area contributed by atoms with E-state index in [2.05, 4.69) is 41.5 Å². The van der Waals surface area contributed by atoms with Gasteiger partial charge in [0, 0.05) is 6.20 Å². The van der Waals surface area contributed by atoms with E-state index in [1.807, 2.05) is 18.2 Å². The van der Waals surface area contributed by atoms with Crippen LogP contribution < -0.4 is 5.32 Å². The van der Waals surface area contributed by atoms with Crippen LogP contribution in [0.25, 0.3) is 0 Å². The molecule has 1 heterocycles. The van der Waals surface area contributed by atoms with E-state index < -0.39 is 0 Å². The minimum atomic E-state index is 0.236. The fourth-order valence-electron chi connectivity index (χ4n) is 2.04. The summed E-state index contributed by atoms with van der Waals surface area (Å²) in [7, 11) is 0. The fraction of sp³-hybridized carbons (Fsp3) is 0.312. The van der Waals surface area contributed by atoms with E-state index in [1.165, 1.54) is 5.56 Å². The van der Waals surface area contributed by atoms with Crippen LogP contribution in [0.5, 0.6) is 0 Å². The molecule has 2 nitrogen and oxygen atoms in total. The van der Waals surface area contributed by atoms with Crippen LogP contribution in [0.1, 0.15) is 30.6 Å². The topological polar surface area (TPSA) is 24.9 Å². The molecule has 0 fully saturated rings. The molecule has 0 spiro atoms. The van der Waals surface area contributed by atoms with Crippen molar-refractivity contribution in [3.63, 3.8) is 0 Å². The van der Waals surface area contributed by atoms with Crippen LogP contribution in [0.2, 0.25) is 5.02 Å². The molecule has 0 amide bonds. The van der Waals surface area contributed by atoms with Crippen molar-refractivity contribution in [2.45, 2.75) is 25.8 Å². The van der Waals surface area contributed by atoms with E-state index in [0.717, 1.165) is 25.1 Å². The van der Waals surface area contributed by atoms with Crippen molar-refractivity contribution in [2.24, 2.45) is 0 Å². The molecule has 100 valence electrons. The lowest BCUT2D eigenvalue weighted by Gasteiger charge is -2.18. The molecule has 19 heavy (non-hydrogen) atoms. The molecule has 0 aliphatic carbocycles. The zero-order valence-electron chi connectivity index (χ0n) is 11.1. The van der Waals surface area contributed by atoms with E-state index in [4.69, 9.17) is 11.6 Å². The number of nitrogens with one attached hydrogen (secondary N) is 1. The van der Waals surface area contributed by atoms with Crippen LogP contribution in [0.3, 0.4) is 0 Å². The third-order valence-electron chi connectivity index (χ3n) is 3.03. The molecule has 0 aliphatic rings. The Labute approximate surface area is 119 Å². The molecule has 0 saturated carbocycles. The minimum Gasteiger partial charge on any atom is -0.308 e. The van der Waals surface area contributed by atoms with Gasteiger partial charge in [0.1, 0.15) is 0 Å². The second kappa shape index (κ2) is 7.27. The summed E-state index contributed by atoms with van der Waals surface area (Å²) in [4.78, 5) is 4.43. The summed E-state index contributed by atoms with van der Waals surface area (Å²) in [5.74, 6) is 0. The predicted molar refractivity (Wildman–Crippen MR) is 80.4 cm³/mol. The number of hydrogen-bond acceptors (Lipinski definition) is 2. The highest BCUT2D eigenvalue weighted by atomic mass is 35.5. The summed E-state index contributed by atoms with van der Waals surface area (Å²) in [6.07, 6.45) is 3.76. The van der Waals surface area contributed by atoms with Gasteiger partial charge >= 0.3 is 0 Å². The SMILES string of the molecule is CCCNC(Cc1ccccc1)c1ccc(Cl)cn1. The molecule has 1 atom stereocenters. The maximum atomic E-state index is 5.90. The highest BCUT2D eigenvalue weighted by Crippen LogP contribution is 2.18. The summed E-state index contributed by atoms with van der Waals surface area (Å²) in [5, 5.41) is 4.23. The van der Waals surface area contributed by atoms with Gasteiger partial charge in [0.05, 0.1) is 16.8 Å². The molecule has 1 N–H and O–H groups in total. The first-order valence-corrected chi connectivity index (χ1v) is 7.06. The van der Waals surface area contributed by atoms with E-state index in [-0.39, 0.29) is 6.04 Å². The maximum absolute atomic E-state index is 5.90. The lowest BCUT2D eigenvalue weighted by Crippen LogP contribution is -2.24. The zero-order chi connectivity index (χ0) is 13.5. The Morgan fingerprint density at radius 3 is 2.58 bits per heavy atom. The number of halogens is 1. The van der Waals surface area contributed by atoms with Crippen molar-refractivity contribution in [2.75, 3.05) is 6.54 Å². The Hall–Kier alpha value is -1.38. The monoisotopic (exact) mass is 274 g/mol. The highest BCUT2D eigenvalue weighted by molar-refractivity contribution is 6.30. The zero-order valence-corrected chi connectivity index (χ0v) is 11.9. The maximum Gasteiger partial charge on any atom is 0.0589 e. The standard InChI is InChI=1S/C16H19ClN2/c1-2-10-18-16(11-13-6-4-3-5-7-13)15-9-8-14(17)12-19-15/h3-9,12,16,18H,2,10-11H2,1H3. The molecule has 3 heteroatoms. The summed E-state index contributed by atoms with van der Waals surface area (Å²) in [5.41, 5.74) is 2.36. The molecule has 0 radical (unpaired) electrons. The third kappa shape index (κ3) is 4.34. The Kier molecular flexibility index (Phi) is 5.37. The Balaban J connectivity index is 2.13. The third-order valence-corrected chi connectivity index (χ3v) is 3.25. The van der Waals surface area contributed by atoms with Crippen molar-refractivity contribution >= 4 is 11.6 Å². The van der Waals surface area contributed by atoms with E-state index in [9.17, 15) is 0 Å². The lowest BCUT2D eigenvalue weighted by molar-refractivity contribution is 0.518. The van der Waals surface area contributed by atoms with Crippen molar-refractivity contribution < 1.29 is 0 Å². The number of pyridine rings is 1. The highest BCUT2D eigenvalue weighted by Gasteiger charge is 2.12. The van der Waals surface area contributed by atoms with Crippen LogP contribution in [-0.4, -0.2) is 11.5 Å². The molecule has 1 aromatic carbocycles. The molecule has 2 rings (SSSR count). The molecular weight excluding hydrogens is 256 g/mol. The van der Waals surface area contributed by atoms with E-state index in [1.54, 1.807) is 6.20 Å². The summed E-state index contributed by atoms with van der Waals surface area (Å²) >= 11 is 5.90. The minimum absolute atomic E-state index is 0.236. The van der Waals surface area contributed by atoms with Gasteiger partial charge < -0.3 is 5.32 Å². The van der Waals surface area contributed by atoms with Crippen LogP contribution in [0.4, 0.5) is 0 Å². The Morgan fingerprint density at radius 1 is 1.16 bits per heavy atom. The van der Waals surface area contributed by atoms with Crippen molar-refractivity contribution in [1.82, 2.24) is 10.3 Å². The normalized spacial score (nSPS) is 12.3. The van der Waals surface area contributed by atoms with Crippen molar-refractivity contribution in [1.29, 1.82) is 0 Å². The summed E-state index contributed by atoms with van der Waals surface area (Å²) < 4.78 is 0. The van der Waals surface area contributed by atoms with Gasteiger partial charge in [-0.15, -0.1) is 0 Å². The molecule has 1 unspecified atom stereocenters. The van der Waals surface area contributed by atoms with E-state index in [0.29, 0.717) is 5.02 Å². The van der Waals surface area contributed by atoms with Gasteiger partial charge in [-0.2, -0.15) is 0 Å². The number of benzene rings is 1. The second-order valence-electron chi connectivity index (χ2n) is 4.60. The molecule has 0 bridgehead atoms. The van der Waals surface area contributed by atoms with Crippen molar-refractivity contribution in [3.8, 4) is 0 Å². The van der Waals surface area contributed by atoms with Crippen LogP contribution in [0, 0.1) is 0 Å². The van der Waals surface area contributed by atoms with Crippen molar-refractivity contribution in [3.05, 3.63) is 64.9 Å². The molecule has 0 saturated heterocycles. The van der Waals surface area contributed by atoms with Crippen LogP contribution in [-0.2, 0) is 6.42 Å². The Bertz CT molecular complexity index is 482. The van der Waals surface area contributed by atoms with Gasteiger partial charge in [-0.1, -0.05) is 48.9 Å². The number of hydrogen-bond donors (Lipinski definition) is 1. The largest absolute Gasteiger partial charge is 0.308 e. The molecular formula is C16H19ClN2. The average Bonchev–Trinajstić information content (AvgIpc) is 2.45. The Morgan fingerprint density at radius 2 is 1.95 bits per heavy atom. The van der Waals surface area contributed by atoms with Gasteiger partial charge in [0.15, 0.2) is 0 Å². The van der Waals surface area contributed by atoms with E-state index >= 15 is 0 Å². The summed E-state index contributed by atoms with van der Waals surface area (Å²) in [6.45, 7) is 3.16. The quantitative estimate of drug-likeness (QED) is 0.861. The molecule has 2 aromatic rings. The molecule has 0 aliphatic heterocycles. The van der Waals surface area contributed by atoms with Crippen LogP contribution in [0.15, 0.2) is 48.7 Å². The lowest BCUT2D eigenvalue weighted by atomic mass is 10.0.